The van der Waals surface area contributed by atoms with Crippen LogP contribution in [0.4, 0.5) is 0 Å². The molecule has 2 unspecified atom stereocenters. The number of nitrogens with zero attached hydrogens (tertiary/aromatic N) is 2. The molecule has 6 nitrogen and oxygen atoms in total. The molecule has 2 aromatic heterocycles. The summed E-state index contributed by atoms with van der Waals surface area (Å²) in [6.07, 6.45) is 0. The molecule has 0 bridgehead atoms. The number of carbonyl (C=O) groups is 1. The van der Waals surface area contributed by atoms with E-state index in [4.69, 9.17) is 45.3 Å². The number of benzene rings is 2. The number of thiazole rings is 2. The van der Waals surface area contributed by atoms with Crippen molar-refractivity contribution in [2.45, 2.75) is 22.1 Å². The number of thiol groups is 1. The smallest absolute Gasteiger partial charge is 0.345 e. The third kappa shape index (κ3) is 4.19. The van der Waals surface area contributed by atoms with Crippen LogP contribution in [-0.2, 0) is 14.3 Å². The molecule has 176 valence electrons. The number of carbonyl (C=O) groups excluding carboxylic acids is 1. The normalized spacial score (nSPS) is 19.3. The molecular formula is C22H16Cl2N2O4S4. The molecule has 34 heavy (non-hydrogen) atoms. The summed E-state index contributed by atoms with van der Waals surface area (Å²) >= 11 is 21.0. The number of hydrogen-bond acceptors (Lipinski definition) is 10. The van der Waals surface area contributed by atoms with E-state index in [0.717, 1.165) is 26.7 Å². The quantitative estimate of drug-likeness (QED) is 0.189. The average Bonchev–Trinajstić information content (AvgIpc) is 3.49. The molecule has 0 aliphatic carbocycles. The van der Waals surface area contributed by atoms with Gasteiger partial charge in [0.05, 0.1) is 37.2 Å². The van der Waals surface area contributed by atoms with Crippen molar-refractivity contribution >= 4 is 96.7 Å². The number of hydrogen-bond donors (Lipinski definition) is 2. The van der Waals surface area contributed by atoms with Gasteiger partial charge in [-0.15, -0.1) is 22.7 Å². The summed E-state index contributed by atoms with van der Waals surface area (Å²) in [5.41, 5.74) is -0.277. The number of halogens is 2. The number of rotatable bonds is 6. The summed E-state index contributed by atoms with van der Waals surface area (Å²) in [6, 6.07) is 10.8. The number of aliphatic hydroxyl groups excluding tert-OH is 1. The number of aromatic nitrogens is 2. The number of esters is 1. The molecule has 0 fully saturated rings. The zero-order chi connectivity index (χ0) is 24.0. The molecule has 5 rings (SSSR count). The van der Waals surface area contributed by atoms with Crippen LogP contribution in [0.15, 0.2) is 51.4 Å². The lowest BCUT2D eigenvalue weighted by Crippen LogP contribution is -2.45. The Bertz CT molecular complexity index is 1450. The molecule has 0 radical (unpaired) electrons. The first-order chi connectivity index (χ1) is 16.3. The Labute approximate surface area is 222 Å². The summed E-state index contributed by atoms with van der Waals surface area (Å²) in [5, 5.41) is 11.6. The first-order valence-corrected chi connectivity index (χ1v) is 13.8. The number of thioether (sulfide) groups is 1. The Morgan fingerprint density at radius 3 is 2.53 bits per heavy atom. The maximum atomic E-state index is 13.4. The first kappa shape index (κ1) is 24.2. The van der Waals surface area contributed by atoms with Crippen LogP contribution in [-0.4, -0.2) is 39.9 Å². The van der Waals surface area contributed by atoms with E-state index in [2.05, 4.69) is 9.97 Å². The largest absolute Gasteiger partial charge is 0.509 e. The highest BCUT2D eigenvalue weighted by atomic mass is 35.5. The summed E-state index contributed by atoms with van der Waals surface area (Å²) in [7, 11) is 0. The highest BCUT2D eigenvalue weighted by molar-refractivity contribution is 8.05. The van der Waals surface area contributed by atoms with Gasteiger partial charge in [-0.25, -0.2) is 14.8 Å². The van der Waals surface area contributed by atoms with Crippen LogP contribution in [0.2, 0.25) is 10.0 Å². The van der Waals surface area contributed by atoms with Crippen molar-refractivity contribution in [2.75, 3.05) is 13.2 Å². The fraction of sp³-hybridized carbons (Fsp3) is 0.227. The lowest BCUT2D eigenvalue weighted by molar-refractivity contribution is -0.163. The van der Waals surface area contributed by atoms with E-state index in [1.54, 1.807) is 31.2 Å². The Morgan fingerprint density at radius 2 is 1.85 bits per heavy atom. The van der Waals surface area contributed by atoms with E-state index in [-0.39, 0.29) is 23.9 Å². The minimum atomic E-state index is -1.69. The molecule has 12 heteroatoms. The van der Waals surface area contributed by atoms with Gasteiger partial charge in [0, 0.05) is 10.0 Å². The molecule has 0 amide bonds. The number of aliphatic hydroxyl groups is 1. The minimum absolute atomic E-state index is 0.0708. The predicted molar refractivity (Wildman–Crippen MR) is 142 cm³/mol. The van der Waals surface area contributed by atoms with Crippen LogP contribution in [0.1, 0.15) is 17.2 Å². The van der Waals surface area contributed by atoms with E-state index < -0.39 is 16.8 Å². The Kier molecular flexibility index (Phi) is 6.75. The van der Waals surface area contributed by atoms with E-state index in [1.165, 1.54) is 22.7 Å². The van der Waals surface area contributed by atoms with Crippen LogP contribution in [0, 0.1) is 0 Å². The highest BCUT2D eigenvalue weighted by Gasteiger charge is 2.57. The molecule has 0 saturated carbocycles. The molecule has 2 aromatic carbocycles. The lowest BCUT2D eigenvalue weighted by atomic mass is 9.99. The Hall–Kier alpha value is -1.53. The van der Waals surface area contributed by atoms with Gasteiger partial charge in [0.1, 0.15) is 17.4 Å². The monoisotopic (exact) mass is 570 g/mol. The van der Waals surface area contributed by atoms with Gasteiger partial charge < -0.3 is 14.6 Å². The number of fused-ring (bicyclic) bond motifs is 2. The maximum Gasteiger partial charge on any atom is 0.345 e. The molecule has 0 saturated heterocycles. The topological polar surface area (TPSA) is 81.5 Å². The predicted octanol–water partition coefficient (Wildman–Crippen LogP) is 7.08. The second-order valence-electron chi connectivity index (χ2n) is 7.28. The third-order valence-electron chi connectivity index (χ3n) is 5.12. The zero-order valence-electron chi connectivity index (χ0n) is 17.4. The summed E-state index contributed by atoms with van der Waals surface area (Å²) in [5.74, 6) is -0.721. The molecule has 1 N–H and O–H groups in total. The van der Waals surface area contributed by atoms with Crippen LogP contribution < -0.4 is 0 Å². The van der Waals surface area contributed by atoms with Crippen LogP contribution >= 0.6 is 70.3 Å². The molecule has 3 heterocycles. The van der Waals surface area contributed by atoms with Gasteiger partial charge in [0.2, 0.25) is 5.60 Å². The van der Waals surface area contributed by atoms with Crippen molar-refractivity contribution in [1.82, 2.24) is 9.97 Å². The molecule has 4 aromatic rings. The van der Waals surface area contributed by atoms with E-state index in [1.807, 2.05) is 12.1 Å². The second-order valence-corrected chi connectivity index (χ2v) is 12.0. The number of ether oxygens (including phenoxy) is 2. The van der Waals surface area contributed by atoms with E-state index in [0.29, 0.717) is 24.9 Å². The average molecular weight is 572 g/mol. The van der Waals surface area contributed by atoms with Gasteiger partial charge in [0.25, 0.3) is 0 Å². The van der Waals surface area contributed by atoms with Gasteiger partial charge in [0.15, 0.2) is 4.34 Å². The van der Waals surface area contributed by atoms with Crippen LogP contribution in [0.3, 0.4) is 0 Å². The molecule has 1 aliphatic rings. The standard InChI is InChI=1S/C22H16Cl2N2O4S4/c1-2-29-20(28)22(17(31)19-25-12-7-10(23)3-5-15(12)32-19)18(14(27)9-30-22)34-21-26-13-8-11(24)4-6-16(13)33-21/h3-8,17,27,31H,2,9H2,1H3. The first-order valence-electron chi connectivity index (χ1n) is 10.0. The fourth-order valence-electron chi connectivity index (χ4n) is 3.59. The molecular weight excluding hydrogens is 555 g/mol. The fourth-order valence-corrected chi connectivity index (χ4v) is 7.79. The lowest BCUT2D eigenvalue weighted by Gasteiger charge is -2.32. The molecule has 1 aliphatic heterocycles. The Balaban J connectivity index is 1.58. The second kappa shape index (κ2) is 9.50. The van der Waals surface area contributed by atoms with Crippen molar-refractivity contribution < 1.29 is 19.4 Å². The van der Waals surface area contributed by atoms with Crippen molar-refractivity contribution in [1.29, 1.82) is 0 Å². The molecule has 2 atom stereocenters. The molecule has 0 spiro atoms. The van der Waals surface area contributed by atoms with Crippen molar-refractivity contribution in [3.05, 3.63) is 62.1 Å². The van der Waals surface area contributed by atoms with E-state index >= 15 is 0 Å². The van der Waals surface area contributed by atoms with Crippen molar-refractivity contribution in [3.63, 3.8) is 0 Å². The van der Waals surface area contributed by atoms with Gasteiger partial charge in [-0.1, -0.05) is 35.0 Å². The van der Waals surface area contributed by atoms with Crippen LogP contribution in [0.5, 0.6) is 0 Å². The van der Waals surface area contributed by atoms with Crippen molar-refractivity contribution in [2.24, 2.45) is 0 Å². The highest BCUT2D eigenvalue weighted by Crippen LogP contribution is 2.53. The van der Waals surface area contributed by atoms with Gasteiger partial charge in [-0.2, -0.15) is 12.6 Å². The SMILES string of the molecule is CCOC(=O)C1(C(S)c2nc3cc(Cl)ccc3s2)OCC(O)=C1Sc1nc2cc(Cl)ccc2s1. The summed E-state index contributed by atoms with van der Waals surface area (Å²) < 4.78 is 13.8. The maximum absolute atomic E-state index is 13.4. The van der Waals surface area contributed by atoms with Gasteiger partial charge in [-0.3, -0.25) is 0 Å². The summed E-state index contributed by atoms with van der Waals surface area (Å²) in [4.78, 5) is 22.9. The minimum Gasteiger partial charge on any atom is -0.509 e. The summed E-state index contributed by atoms with van der Waals surface area (Å²) in [6.45, 7) is 1.69. The Morgan fingerprint density at radius 1 is 1.21 bits per heavy atom. The third-order valence-corrected chi connectivity index (χ3v) is 9.81. The van der Waals surface area contributed by atoms with E-state index in [9.17, 15) is 9.90 Å². The van der Waals surface area contributed by atoms with Crippen molar-refractivity contribution in [3.8, 4) is 0 Å². The van der Waals surface area contributed by atoms with Crippen LogP contribution in [0.25, 0.3) is 20.4 Å². The zero-order valence-corrected chi connectivity index (χ0v) is 22.3. The van der Waals surface area contributed by atoms with Gasteiger partial charge >= 0.3 is 5.97 Å². The van der Waals surface area contributed by atoms with Gasteiger partial charge in [-0.05, 0) is 43.3 Å².